The van der Waals surface area contributed by atoms with Crippen molar-refractivity contribution in [3.63, 3.8) is 0 Å². The van der Waals surface area contributed by atoms with Gasteiger partial charge in [0, 0.05) is 21.7 Å². The Morgan fingerprint density at radius 3 is 1.73 bits per heavy atom. The van der Waals surface area contributed by atoms with Crippen molar-refractivity contribution in [2.24, 2.45) is 0 Å². The van der Waals surface area contributed by atoms with E-state index in [1.807, 2.05) is 18.2 Å². The van der Waals surface area contributed by atoms with Gasteiger partial charge in [-0.2, -0.15) is 0 Å². The molecule has 49 heavy (non-hydrogen) atoms. The van der Waals surface area contributed by atoms with Crippen LogP contribution in [0.25, 0.3) is 66.1 Å². The highest BCUT2D eigenvalue weighted by molar-refractivity contribution is 6.17. The molecule has 1 heteroatoms. The number of hydrogen-bond acceptors (Lipinski definition) is 1. The summed E-state index contributed by atoms with van der Waals surface area (Å²) in [7, 11) is 0. The second-order valence-electron chi connectivity index (χ2n) is 12.6. The highest BCUT2D eigenvalue weighted by Gasteiger charge is 2.14. The number of hydrogen-bond donors (Lipinski definition) is 0. The third-order valence-electron chi connectivity index (χ3n) is 9.23. The second-order valence-corrected chi connectivity index (χ2v) is 12.6. The van der Waals surface area contributed by atoms with Gasteiger partial charge >= 0.3 is 0 Å². The fourth-order valence-electron chi connectivity index (χ4n) is 6.70. The smallest absolute Gasteiger partial charge is 0.143 e. The summed E-state index contributed by atoms with van der Waals surface area (Å²) in [6.07, 6.45) is 0.898. The molecule has 0 fully saturated rings. The van der Waals surface area contributed by atoms with Crippen molar-refractivity contribution in [3.8, 4) is 33.4 Å². The normalized spacial score (nSPS) is 11.0. The first-order valence-electron chi connectivity index (χ1n) is 16.9. The van der Waals surface area contributed by atoms with E-state index in [2.05, 4.69) is 177 Å². The van der Waals surface area contributed by atoms with Gasteiger partial charge in [0.15, 0.2) is 0 Å². The van der Waals surface area contributed by atoms with E-state index in [4.69, 9.17) is 4.42 Å². The van der Waals surface area contributed by atoms with Gasteiger partial charge in [-0.05, 0) is 69.8 Å². The molecule has 1 heterocycles. The van der Waals surface area contributed by atoms with Gasteiger partial charge in [0.1, 0.15) is 11.2 Å². The Hall–Kier alpha value is -6.18. The van der Waals surface area contributed by atoms with E-state index >= 15 is 0 Å². The molecular formula is C48H36O. The Bertz CT molecular complexity index is 2500. The van der Waals surface area contributed by atoms with Crippen molar-refractivity contribution in [3.05, 3.63) is 205 Å². The second kappa shape index (κ2) is 13.5. The first kappa shape index (κ1) is 30.2. The van der Waals surface area contributed by atoms with E-state index in [9.17, 15) is 0 Å². The molecule has 0 spiro atoms. The predicted octanol–water partition coefficient (Wildman–Crippen LogP) is 13.3. The van der Waals surface area contributed by atoms with Gasteiger partial charge in [-0.25, -0.2) is 0 Å². The summed E-state index contributed by atoms with van der Waals surface area (Å²) < 4.78 is 6.62. The summed E-state index contributed by atoms with van der Waals surface area (Å²) in [5, 5.41) is 4.65. The zero-order chi connectivity index (χ0) is 33.0. The topological polar surface area (TPSA) is 13.1 Å². The van der Waals surface area contributed by atoms with Crippen molar-refractivity contribution in [2.75, 3.05) is 0 Å². The third-order valence-corrected chi connectivity index (χ3v) is 9.23. The first-order chi connectivity index (χ1) is 24.2. The fourth-order valence-corrected chi connectivity index (χ4v) is 6.70. The van der Waals surface area contributed by atoms with Gasteiger partial charge in [-0.1, -0.05) is 181 Å². The summed E-state index contributed by atoms with van der Waals surface area (Å²) in [6.45, 7) is 2.08. The van der Waals surface area contributed by atoms with Gasteiger partial charge in [0.2, 0.25) is 0 Å². The van der Waals surface area contributed by atoms with Gasteiger partial charge in [0.05, 0.1) is 0 Å². The molecular weight excluding hydrogens is 593 g/mol. The summed E-state index contributed by atoms with van der Waals surface area (Å²) in [6, 6.07) is 66.7. The zero-order valence-electron chi connectivity index (χ0n) is 27.5. The van der Waals surface area contributed by atoms with E-state index in [-0.39, 0.29) is 0 Å². The lowest BCUT2D eigenvalue weighted by Crippen LogP contribution is -1.90. The summed E-state index contributed by atoms with van der Waals surface area (Å²) >= 11 is 0. The Morgan fingerprint density at radius 2 is 0.959 bits per heavy atom. The summed E-state index contributed by atoms with van der Waals surface area (Å²) in [5.74, 6) is 0. The van der Waals surface area contributed by atoms with Gasteiger partial charge in [-0.15, -0.1) is 0 Å². The fraction of sp³-hybridized carbons (Fsp3) is 0.0417. The maximum absolute atomic E-state index is 6.62. The number of fused-ring (bicyclic) bond motifs is 5. The lowest BCUT2D eigenvalue weighted by atomic mass is 9.95. The Kier molecular flexibility index (Phi) is 8.32. The minimum absolute atomic E-state index is 0.898. The molecule has 0 aliphatic carbocycles. The minimum Gasteiger partial charge on any atom is -0.455 e. The van der Waals surface area contributed by atoms with Crippen LogP contribution in [0.4, 0.5) is 0 Å². The Morgan fingerprint density at radius 1 is 0.367 bits per heavy atom. The maximum atomic E-state index is 6.62. The maximum Gasteiger partial charge on any atom is 0.143 e. The molecule has 0 unspecified atom stereocenters. The minimum atomic E-state index is 0.898. The molecule has 8 aromatic carbocycles. The Balaban J connectivity index is 0.000000446. The van der Waals surface area contributed by atoms with Gasteiger partial charge in [-0.3, -0.25) is 0 Å². The molecule has 0 bridgehead atoms. The van der Waals surface area contributed by atoms with Crippen LogP contribution in [0.1, 0.15) is 16.7 Å². The molecule has 0 radical (unpaired) electrons. The molecule has 1 nitrogen and oxygen atoms in total. The molecule has 0 N–H and O–H groups in total. The lowest BCUT2D eigenvalue weighted by molar-refractivity contribution is 0.674. The lowest BCUT2D eigenvalue weighted by Gasteiger charge is -2.09. The molecule has 0 saturated heterocycles. The zero-order valence-corrected chi connectivity index (χ0v) is 27.5. The van der Waals surface area contributed by atoms with Crippen LogP contribution in [0.3, 0.4) is 0 Å². The SMILES string of the molecule is Cc1ccccc1.c1ccc(-c2ccc(Cc3cccc(-c4cccc(-c5cccc6c5oc5c7ccccc7ccc65)c4)c3)cc2)cc1. The van der Waals surface area contributed by atoms with Crippen molar-refractivity contribution in [2.45, 2.75) is 13.3 Å². The number of rotatable bonds is 5. The van der Waals surface area contributed by atoms with Crippen LogP contribution in [-0.4, -0.2) is 0 Å². The molecule has 1 aromatic heterocycles. The molecule has 0 saturated carbocycles. The molecule has 0 amide bonds. The predicted molar refractivity (Wildman–Crippen MR) is 208 cm³/mol. The number of aryl methyl sites for hydroxylation is 1. The summed E-state index contributed by atoms with van der Waals surface area (Å²) in [5.41, 5.74) is 13.0. The highest BCUT2D eigenvalue weighted by Crippen LogP contribution is 2.39. The van der Waals surface area contributed by atoms with Crippen LogP contribution in [0, 0.1) is 6.92 Å². The van der Waals surface area contributed by atoms with E-state index in [0.717, 1.165) is 44.9 Å². The largest absolute Gasteiger partial charge is 0.455 e. The van der Waals surface area contributed by atoms with Gasteiger partial charge in [0.25, 0.3) is 0 Å². The van der Waals surface area contributed by atoms with Crippen LogP contribution in [0.2, 0.25) is 0 Å². The highest BCUT2D eigenvalue weighted by atomic mass is 16.3. The van der Waals surface area contributed by atoms with Crippen LogP contribution in [0.5, 0.6) is 0 Å². The molecule has 9 aromatic rings. The average molecular weight is 629 g/mol. The molecule has 0 aliphatic rings. The van der Waals surface area contributed by atoms with Crippen molar-refractivity contribution < 1.29 is 4.42 Å². The van der Waals surface area contributed by atoms with Crippen LogP contribution >= 0.6 is 0 Å². The van der Waals surface area contributed by atoms with Crippen molar-refractivity contribution >= 4 is 32.7 Å². The number of para-hydroxylation sites is 1. The average Bonchev–Trinajstić information content (AvgIpc) is 3.56. The van der Waals surface area contributed by atoms with E-state index in [1.54, 1.807) is 0 Å². The quantitative estimate of drug-likeness (QED) is 0.185. The van der Waals surface area contributed by atoms with E-state index in [1.165, 1.54) is 44.3 Å². The molecule has 9 rings (SSSR count). The Labute approximate surface area is 287 Å². The third kappa shape index (κ3) is 6.40. The number of furan rings is 1. The standard InChI is InChI=1S/C41H28O.C7H8/c1-2-10-30(11-3-1)31-21-19-28(20-22-31)25-29-9-6-13-33(26-29)34-14-7-15-35(27-34)37-17-8-18-38-39-24-23-32-12-4-5-16-36(32)40(39)42-41(37)38;1-7-5-3-2-4-6-7/h1-24,26-27H,25H2;2-6H,1H3. The van der Waals surface area contributed by atoms with Crippen LogP contribution in [-0.2, 0) is 6.42 Å². The van der Waals surface area contributed by atoms with E-state index in [0.29, 0.717) is 0 Å². The van der Waals surface area contributed by atoms with Crippen LogP contribution < -0.4 is 0 Å². The van der Waals surface area contributed by atoms with Crippen molar-refractivity contribution in [1.82, 2.24) is 0 Å². The molecule has 0 aliphatic heterocycles. The molecule has 234 valence electrons. The van der Waals surface area contributed by atoms with E-state index < -0.39 is 0 Å². The summed E-state index contributed by atoms with van der Waals surface area (Å²) in [4.78, 5) is 0. The molecule has 0 atom stereocenters. The van der Waals surface area contributed by atoms with Crippen molar-refractivity contribution in [1.29, 1.82) is 0 Å². The van der Waals surface area contributed by atoms with Crippen LogP contribution in [0.15, 0.2) is 192 Å². The first-order valence-corrected chi connectivity index (χ1v) is 16.9. The van der Waals surface area contributed by atoms with Gasteiger partial charge < -0.3 is 4.42 Å². The number of benzene rings is 8. The monoisotopic (exact) mass is 628 g/mol.